The number of ether oxygens (including phenoxy) is 2. The number of halogens is 1. The predicted octanol–water partition coefficient (Wildman–Crippen LogP) is 4.36. The van der Waals surface area contributed by atoms with Gasteiger partial charge in [0.05, 0.1) is 30.5 Å². The predicted molar refractivity (Wildman–Crippen MR) is 169 cm³/mol. The van der Waals surface area contributed by atoms with Crippen LogP contribution in [0, 0.1) is 0 Å². The molecule has 2 aromatic heterocycles. The van der Waals surface area contributed by atoms with Crippen LogP contribution in [0.25, 0.3) is 22.4 Å². The van der Waals surface area contributed by atoms with E-state index in [4.69, 9.17) is 19.0 Å². The van der Waals surface area contributed by atoms with Gasteiger partial charge in [-0.1, -0.05) is 28.1 Å². The highest BCUT2D eigenvalue weighted by Crippen LogP contribution is 2.32. The molecule has 1 unspecified atom stereocenters. The van der Waals surface area contributed by atoms with Crippen LogP contribution in [-0.4, -0.2) is 80.2 Å². The molecule has 2 aromatic carbocycles. The third-order valence-electron chi connectivity index (χ3n) is 8.52. The number of hydrogen-bond donors (Lipinski definition) is 1. The van der Waals surface area contributed by atoms with E-state index in [1.165, 1.54) is 6.07 Å². The molecule has 1 saturated heterocycles. The zero-order chi connectivity index (χ0) is 31.7. The second-order valence-corrected chi connectivity index (χ2v) is 12.4. The first-order valence-corrected chi connectivity index (χ1v) is 16.0. The third-order valence-corrected chi connectivity index (χ3v) is 9.05. The number of hydrogen-bond acceptors (Lipinski definition) is 9. The van der Waals surface area contributed by atoms with Crippen molar-refractivity contribution < 1.29 is 28.6 Å². The molecule has 2 aliphatic rings. The van der Waals surface area contributed by atoms with Crippen molar-refractivity contribution in [2.75, 3.05) is 32.8 Å². The van der Waals surface area contributed by atoms with Crippen LogP contribution in [0.2, 0.25) is 0 Å². The van der Waals surface area contributed by atoms with Gasteiger partial charge in [0, 0.05) is 79.5 Å². The molecule has 6 rings (SSSR count). The second kappa shape index (κ2) is 13.2. The van der Waals surface area contributed by atoms with Gasteiger partial charge < -0.3 is 28.8 Å². The lowest BCUT2D eigenvalue weighted by molar-refractivity contribution is -0.129. The number of nitrogens with zero attached hydrogens (tertiary/aromatic N) is 5. The maximum absolute atomic E-state index is 12.8. The quantitative estimate of drug-likeness (QED) is 0.213. The number of carbonyl (C=O) groups is 2. The largest absolute Gasteiger partial charge is 0.513 e. The van der Waals surface area contributed by atoms with Crippen molar-refractivity contribution in [2.24, 2.45) is 0 Å². The Labute approximate surface area is 268 Å². The van der Waals surface area contributed by atoms with E-state index in [1.54, 1.807) is 30.5 Å². The Kier molecular flexibility index (Phi) is 9.11. The minimum atomic E-state index is -0.815. The molecule has 0 aliphatic carbocycles. The Morgan fingerprint density at radius 2 is 1.87 bits per heavy atom. The summed E-state index contributed by atoms with van der Waals surface area (Å²) in [5, 5.41) is 16.1. The highest BCUT2D eigenvalue weighted by atomic mass is 79.9. The summed E-state index contributed by atoms with van der Waals surface area (Å²) in [6.07, 6.45) is 0.650. The Bertz CT molecular complexity index is 1750. The van der Waals surface area contributed by atoms with Crippen molar-refractivity contribution in [3.05, 3.63) is 68.7 Å². The lowest BCUT2D eigenvalue weighted by Crippen LogP contribution is -2.42. The fourth-order valence-electron chi connectivity index (χ4n) is 6.34. The number of carbonyl (C=O) groups excluding carboxylic acids is 2. The van der Waals surface area contributed by atoms with Crippen molar-refractivity contribution >= 4 is 39.1 Å². The van der Waals surface area contributed by atoms with Gasteiger partial charge in [0.1, 0.15) is 5.75 Å². The van der Waals surface area contributed by atoms with E-state index in [-0.39, 0.29) is 24.3 Å². The fraction of sp³-hybridized carbons (Fsp3) is 0.438. The lowest BCUT2D eigenvalue weighted by Gasteiger charge is -2.33. The SMILES string of the molecule is CCOC(=O)Oc1ccc2c(c1)oc(=O)n2C1CCN(CC(O)Cn2nc(-c3ccc(Br)cc3)c3c2CCN(C(C)=O)C3)CC1. The molecule has 45 heavy (non-hydrogen) atoms. The van der Waals surface area contributed by atoms with Gasteiger partial charge in [-0.15, -0.1) is 0 Å². The van der Waals surface area contributed by atoms with Crippen LogP contribution >= 0.6 is 15.9 Å². The number of fused-ring (bicyclic) bond motifs is 2. The first kappa shape index (κ1) is 31.1. The van der Waals surface area contributed by atoms with Crippen LogP contribution in [-0.2, 0) is 29.0 Å². The van der Waals surface area contributed by atoms with E-state index < -0.39 is 18.0 Å². The van der Waals surface area contributed by atoms with Gasteiger partial charge in [-0.2, -0.15) is 5.10 Å². The van der Waals surface area contributed by atoms with Crippen molar-refractivity contribution in [1.82, 2.24) is 24.1 Å². The number of β-amino-alcohol motifs (C(OH)–C–C–N with tert-alkyl or cyclic N) is 1. The number of aliphatic hydroxyl groups is 1. The Morgan fingerprint density at radius 3 is 2.58 bits per heavy atom. The summed E-state index contributed by atoms with van der Waals surface area (Å²) >= 11 is 3.49. The smallest absolute Gasteiger partial charge is 0.434 e. The van der Waals surface area contributed by atoms with Gasteiger partial charge in [-0.3, -0.25) is 14.0 Å². The fourth-order valence-corrected chi connectivity index (χ4v) is 6.60. The second-order valence-electron chi connectivity index (χ2n) is 11.5. The molecule has 1 N–H and O–H groups in total. The summed E-state index contributed by atoms with van der Waals surface area (Å²) in [6, 6.07) is 12.8. The average Bonchev–Trinajstić information content (AvgIpc) is 3.53. The highest BCUT2D eigenvalue weighted by Gasteiger charge is 2.29. The molecule has 0 radical (unpaired) electrons. The number of rotatable bonds is 8. The summed E-state index contributed by atoms with van der Waals surface area (Å²) in [7, 11) is 0. The topological polar surface area (TPSA) is 132 Å². The van der Waals surface area contributed by atoms with Gasteiger partial charge in [0.25, 0.3) is 0 Å². The van der Waals surface area contributed by atoms with E-state index >= 15 is 0 Å². The maximum atomic E-state index is 12.8. The van der Waals surface area contributed by atoms with Crippen LogP contribution < -0.4 is 10.5 Å². The molecule has 0 spiro atoms. The molecule has 238 valence electrons. The maximum Gasteiger partial charge on any atom is 0.513 e. The number of oxazole rings is 1. The standard InChI is InChI=1S/C32H36BrN5O7/c1-3-43-32(42)44-25-8-9-28-29(16-25)45-31(41)38(28)23-10-13-35(14-11-23)17-24(40)18-37-27-12-15-36(20(2)39)19-26(27)30(34-37)21-4-6-22(33)7-5-21/h4-9,16,23-24,40H,3,10-15,17-19H2,1-2H3. The Hall–Kier alpha value is -3.94. The summed E-state index contributed by atoms with van der Waals surface area (Å²) in [5.41, 5.74) is 4.89. The molecule has 2 aliphatic heterocycles. The number of aromatic nitrogens is 3. The van der Waals surface area contributed by atoms with Crippen molar-refractivity contribution in [1.29, 1.82) is 0 Å². The molecule has 1 amide bonds. The summed E-state index contributed by atoms with van der Waals surface area (Å²) < 4.78 is 20.0. The van der Waals surface area contributed by atoms with Crippen molar-refractivity contribution in [2.45, 2.75) is 58.3 Å². The lowest BCUT2D eigenvalue weighted by atomic mass is 10.0. The molecule has 1 atom stereocenters. The molecule has 4 heterocycles. The summed E-state index contributed by atoms with van der Waals surface area (Å²) in [5.74, 6) is -0.175. The van der Waals surface area contributed by atoms with Crippen LogP contribution in [0.15, 0.2) is 56.1 Å². The molecule has 0 saturated carbocycles. The highest BCUT2D eigenvalue weighted by molar-refractivity contribution is 9.10. The van der Waals surface area contributed by atoms with E-state index in [9.17, 15) is 19.5 Å². The van der Waals surface area contributed by atoms with E-state index in [0.717, 1.165) is 27.0 Å². The molecule has 4 aromatic rings. The van der Waals surface area contributed by atoms with Crippen LogP contribution in [0.5, 0.6) is 5.75 Å². The molecular weight excluding hydrogens is 646 g/mol. The van der Waals surface area contributed by atoms with Crippen LogP contribution in [0.1, 0.15) is 44.0 Å². The van der Waals surface area contributed by atoms with Gasteiger partial charge in [0.2, 0.25) is 5.91 Å². The van der Waals surface area contributed by atoms with E-state index in [0.29, 0.717) is 69.6 Å². The molecule has 12 nitrogen and oxygen atoms in total. The van der Waals surface area contributed by atoms with E-state index in [1.807, 2.05) is 33.8 Å². The average molecular weight is 683 g/mol. The minimum Gasteiger partial charge on any atom is -0.434 e. The number of piperidine rings is 1. The van der Waals surface area contributed by atoms with Gasteiger partial charge in [-0.25, -0.2) is 9.59 Å². The number of likely N-dealkylation sites (tertiary alicyclic amines) is 1. The van der Waals surface area contributed by atoms with Crippen LogP contribution in [0.3, 0.4) is 0 Å². The zero-order valence-electron chi connectivity index (χ0n) is 25.3. The minimum absolute atomic E-state index is 0.0389. The van der Waals surface area contributed by atoms with Gasteiger partial charge in [0.15, 0.2) is 5.58 Å². The Morgan fingerprint density at radius 1 is 1.11 bits per heavy atom. The molecule has 0 bridgehead atoms. The number of aliphatic hydroxyl groups excluding tert-OH is 1. The zero-order valence-corrected chi connectivity index (χ0v) is 26.9. The molecular formula is C32H36BrN5O7. The van der Waals surface area contributed by atoms with E-state index in [2.05, 4.69) is 20.8 Å². The first-order chi connectivity index (χ1) is 21.7. The van der Waals surface area contributed by atoms with Crippen LogP contribution in [0.4, 0.5) is 4.79 Å². The molecule has 13 heteroatoms. The summed E-state index contributed by atoms with van der Waals surface area (Å²) in [4.78, 5) is 40.7. The number of benzene rings is 2. The number of amides is 1. The normalized spacial score (nSPS) is 16.5. The Balaban J connectivity index is 1.11. The van der Waals surface area contributed by atoms with Gasteiger partial charge >= 0.3 is 11.9 Å². The third kappa shape index (κ3) is 6.70. The summed E-state index contributed by atoms with van der Waals surface area (Å²) in [6.45, 7) is 6.84. The van der Waals surface area contributed by atoms with Crippen molar-refractivity contribution in [3.8, 4) is 17.0 Å². The first-order valence-electron chi connectivity index (χ1n) is 15.2. The van der Waals surface area contributed by atoms with Gasteiger partial charge in [-0.05, 0) is 44.0 Å². The molecule has 1 fully saturated rings. The monoisotopic (exact) mass is 681 g/mol. The van der Waals surface area contributed by atoms with Crippen molar-refractivity contribution in [3.63, 3.8) is 0 Å².